The van der Waals surface area contributed by atoms with Gasteiger partial charge in [-0.2, -0.15) is 17.9 Å². The molecule has 3 N–H and O–H groups in total. The van der Waals surface area contributed by atoms with Gasteiger partial charge in [0.2, 0.25) is 0 Å². The monoisotopic (exact) mass is 548 g/mol. The van der Waals surface area contributed by atoms with Crippen LogP contribution in [-0.2, 0) is 34.5 Å². The van der Waals surface area contributed by atoms with Crippen molar-refractivity contribution in [3.63, 3.8) is 0 Å². The Morgan fingerprint density at radius 1 is 1.11 bits per heavy atom. The molecule has 1 unspecified atom stereocenters. The Morgan fingerprint density at radius 3 is 2.46 bits per heavy atom. The lowest BCUT2D eigenvalue weighted by Gasteiger charge is -2.13. The molecule has 7 nitrogen and oxygen atoms in total. The molecular formula is C25H19F3N2O5S2. The average Bonchev–Trinajstić information content (AvgIpc) is 3.42. The fourth-order valence-corrected chi connectivity index (χ4v) is 6.04. The molecule has 4 rings (SSSR count). The second-order valence-electron chi connectivity index (χ2n) is 8.13. The van der Waals surface area contributed by atoms with Crippen molar-refractivity contribution in [1.82, 2.24) is 9.29 Å². The summed E-state index contributed by atoms with van der Waals surface area (Å²) in [5, 5.41) is 20.1. The van der Waals surface area contributed by atoms with Gasteiger partial charge in [-0.3, -0.25) is 4.79 Å². The van der Waals surface area contributed by atoms with E-state index in [-0.39, 0.29) is 16.4 Å². The molecule has 0 saturated heterocycles. The quantitative estimate of drug-likeness (QED) is 0.311. The van der Waals surface area contributed by atoms with Crippen LogP contribution in [-0.4, -0.2) is 35.2 Å². The molecule has 0 bridgehead atoms. The number of phenols is 1. The first-order chi connectivity index (χ1) is 17.3. The minimum atomic E-state index is -4.46. The fourth-order valence-electron chi connectivity index (χ4n) is 3.68. The minimum Gasteiger partial charge on any atom is -0.508 e. The van der Waals surface area contributed by atoms with Crippen molar-refractivity contribution in [1.29, 1.82) is 0 Å². The molecule has 192 valence electrons. The molecule has 37 heavy (non-hydrogen) atoms. The molecule has 0 radical (unpaired) electrons. The summed E-state index contributed by atoms with van der Waals surface area (Å²) in [6.45, 7) is 0. The zero-order valence-corrected chi connectivity index (χ0v) is 20.7. The summed E-state index contributed by atoms with van der Waals surface area (Å²) >= 11 is 0.801. The number of phenolic OH excluding ortho intramolecular Hbond substituents is 1. The molecule has 1 atom stereocenters. The lowest BCUT2D eigenvalue weighted by molar-refractivity contribution is -0.139. The number of alkyl halides is 3. The normalized spacial score (nSPS) is 12.8. The van der Waals surface area contributed by atoms with Crippen molar-refractivity contribution < 1.29 is 36.6 Å². The maximum Gasteiger partial charge on any atom is 0.416 e. The van der Waals surface area contributed by atoms with E-state index < -0.39 is 33.8 Å². The van der Waals surface area contributed by atoms with Crippen LogP contribution < -0.4 is 4.72 Å². The molecule has 0 aliphatic rings. The third kappa shape index (κ3) is 5.96. The van der Waals surface area contributed by atoms with E-state index in [1.54, 1.807) is 23.9 Å². The summed E-state index contributed by atoms with van der Waals surface area (Å²) in [5.74, 6) is 4.01. The van der Waals surface area contributed by atoms with Crippen molar-refractivity contribution in [3.05, 3.63) is 82.4 Å². The van der Waals surface area contributed by atoms with Crippen molar-refractivity contribution in [3.8, 4) is 17.6 Å². The van der Waals surface area contributed by atoms with Crippen LogP contribution in [0, 0.1) is 11.8 Å². The Labute approximate surface area is 213 Å². The number of sulfonamides is 1. The number of aromatic nitrogens is 1. The van der Waals surface area contributed by atoms with Crippen LogP contribution in [0.3, 0.4) is 0 Å². The van der Waals surface area contributed by atoms with Crippen LogP contribution in [0.4, 0.5) is 13.2 Å². The summed E-state index contributed by atoms with van der Waals surface area (Å²) in [7, 11) is -2.47. The van der Waals surface area contributed by atoms with Gasteiger partial charge in [-0.05, 0) is 60.2 Å². The first-order valence-electron chi connectivity index (χ1n) is 10.6. The number of hydrogen-bond donors (Lipinski definition) is 3. The van der Waals surface area contributed by atoms with E-state index in [2.05, 4.69) is 16.6 Å². The molecule has 12 heteroatoms. The van der Waals surface area contributed by atoms with Crippen LogP contribution in [0.25, 0.3) is 10.9 Å². The third-order valence-electron chi connectivity index (χ3n) is 5.46. The summed E-state index contributed by atoms with van der Waals surface area (Å²) in [4.78, 5) is 12.2. The Hall–Kier alpha value is -3.79. The van der Waals surface area contributed by atoms with Gasteiger partial charge < -0.3 is 14.8 Å². The van der Waals surface area contributed by atoms with Crippen LogP contribution >= 0.6 is 11.3 Å². The smallest absolute Gasteiger partial charge is 0.416 e. The highest BCUT2D eigenvalue weighted by molar-refractivity contribution is 7.91. The number of aryl methyl sites for hydroxylation is 1. The van der Waals surface area contributed by atoms with Crippen molar-refractivity contribution in [2.75, 3.05) is 0 Å². The number of nitrogens with zero attached hydrogens (tertiary/aromatic N) is 1. The number of hydrogen-bond acceptors (Lipinski definition) is 5. The number of nitrogens with one attached hydrogen (secondary N) is 1. The van der Waals surface area contributed by atoms with E-state index in [4.69, 9.17) is 0 Å². The Kier molecular flexibility index (Phi) is 7.05. The highest BCUT2D eigenvalue weighted by Crippen LogP contribution is 2.29. The number of carboxylic acid groups (broad SMARTS) is 1. The number of aromatic hydroxyl groups is 1. The highest BCUT2D eigenvalue weighted by Gasteiger charge is 2.30. The Morgan fingerprint density at radius 2 is 1.81 bits per heavy atom. The predicted molar refractivity (Wildman–Crippen MR) is 132 cm³/mol. The SMILES string of the molecule is Cn1cc(CC(NS(=O)(=O)c2ccc(C#Cc3ccc(C(F)(F)F)cc3)s2)C(=O)O)c2cc(O)ccc21. The molecule has 0 aliphatic carbocycles. The summed E-state index contributed by atoms with van der Waals surface area (Å²) < 4.78 is 67.7. The molecule has 0 aliphatic heterocycles. The molecule has 0 amide bonds. The Bertz CT molecular complexity index is 1640. The number of fused-ring (bicyclic) bond motifs is 1. The first-order valence-corrected chi connectivity index (χ1v) is 12.9. The van der Waals surface area contributed by atoms with Crippen LogP contribution in [0.1, 0.15) is 21.6 Å². The second kappa shape index (κ2) is 9.93. The van der Waals surface area contributed by atoms with Gasteiger partial charge in [0.05, 0.1) is 10.4 Å². The number of benzene rings is 2. The van der Waals surface area contributed by atoms with Gasteiger partial charge in [-0.15, -0.1) is 11.3 Å². The van der Waals surface area contributed by atoms with Gasteiger partial charge in [-0.1, -0.05) is 11.8 Å². The zero-order valence-electron chi connectivity index (χ0n) is 19.1. The van der Waals surface area contributed by atoms with E-state index in [0.29, 0.717) is 21.4 Å². The van der Waals surface area contributed by atoms with Gasteiger partial charge in [0.25, 0.3) is 10.0 Å². The maximum atomic E-state index is 12.9. The lowest BCUT2D eigenvalue weighted by Crippen LogP contribution is -2.42. The van der Waals surface area contributed by atoms with E-state index in [9.17, 15) is 36.6 Å². The standard InChI is InChI=1S/C25H19F3N2O5S2/c1-30-14-16(20-13-18(31)7-10-22(20)30)12-21(24(32)33)29-37(34,35)23-11-9-19(36-23)8-4-15-2-5-17(6-3-15)25(26,27)28/h2-3,5-7,9-11,13-14,21,29,31H,12H2,1H3,(H,32,33). The molecule has 2 heterocycles. The maximum absolute atomic E-state index is 12.9. The number of thiophene rings is 1. The molecule has 4 aromatic rings. The molecular weight excluding hydrogens is 529 g/mol. The zero-order chi connectivity index (χ0) is 27.0. The van der Waals surface area contributed by atoms with Gasteiger partial charge in [-0.25, -0.2) is 8.42 Å². The summed E-state index contributed by atoms with van der Waals surface area (Å²) in [6, 6.07) is 10.1. The van der Waals surface area contributed by atoms with E-state index in [1.165, 1.54) is 36.4 Å². The first kappa shape index (κ1) is 26.3. The van der Waals surface area contributed by atoms with Gasteiger partial charge in [0, 0.05) is 36.1 Å². The van der Waals surface area contributed by atoms with Crippen molar-refractivity contribution in [2.45, 2.75) is 22.8 Å². The molecule has 2 aromatic heterocycles. The summed E-state index contributed by atoms with van der Waals surface area (Å²) in [6.07, 6.45) is -2.95. The predicted octanol–water partition coefficient (Wildman–Crippen LogP) is 4.34. The molecule has 0 spiro atoms. The lowest BCUT2D eigenvalue weighted by atomic mass is 10.1. The topological polar surface area (TPSA) is 109 Å². The van der Waals surface area contributed by atoms with Crippen molar-refractivity contribution in [2.24, 2.45) is 7.05 Å². The average molecular weight is 549 g/mol. The van der Waals surface area contributed by atoms with E-state index in [1.807, 2.05) is 0 Å². The van der Waals surface area contributed by atoms with Gasteiger partial charge >= 0.3 is 12.1 Å². The number of rotatable bonds is 6. The van der Waals surface area contributed by atoms with Crippen LogP contribution in [0.15, 0.2) is 65.0 Å². The van der Waals surface area contributed by atoms with Gasteiger partial charge in [0.1, 0.15) is 16.0 Å². The molecule has 0 saturated carbocycles. The number of carboxylic acids is 1. The Balaban J connectivity index is 1.52. The number of carbonyl (C=O) groups is 1. The van der Waals surface area contributed by atoms with Crippen molar-refractivity contribution >= 4 is 38.2 Å². The largest absolute Gasteiger partial charge is 0.508 e. The third-order valence-corrected chi connectivity index (χ3v) is 8.43. The molecule has 2 aromatic carbocycles. The van der Waals surface area contributed by atoms with Crippen LogP contribution in [0.5, 0.6) is 5.75 Å². The van der Waals surface area contributed by atoms with E-state index >= 15 is 0 Å². The number of halogens is 3. The highest BCUT2D eigenvalue weighted by atomic mass is 32.2. The van der Waals surface area contributed by atoms with Gasteiger partial charge in [0.15, 0.2) is 0 Å². The minimum absolute atomic E-state index is 0.00377. The molecule has 0 fully saturated rings. The fraction of sp³-hybridized carbons (Fsp3) is 0.160. The second-order valence-corrected chi connectivity index (χ2v) is 11.2. The number of aliphatic carboxylic acids is 1. The van der Waals surface area contributed by atoms with E-state index in [0.717, 1.165) is 29.0 Å². The summed E-state index contributed by atoms with van der Waals surface area (Å²) in [5.41, 5.74) is 0.796. The van der Waals surface area contributed by atoms with Crippen LogP contribution in [0.2, 0.25) is 0 Å².